The minimum atomic E-state index is -0.886. The molecule has 0 aliphatic heterocycles. The number of carbonyl (C=O) groups is 3. The van der Waals surface area contributed by atoms with Gasteiger partial charge in [0.15, 0.2) is 5.78 Å². The molecule has 3 rings (SSSR count). The minimum absolute atomic E-state index is 0.00900. The Labute approximate surface area is 178 Å². The van der Waals surface area contributed by atoms with Gasteiger partial charge in [-0.15, -0.1) is 0 Å². The van der Waals surface area contributed by atoms with Crippen LogP contribution in [0.1, 0.15) is 106 Å². The Bertz CT molecular complexity index is 871. The predicted octanol–water partition coefficient (Wildman–Crippen LogP) is 5.34. The second kappa shape index (κ2) is 8.16. The Balaban J connectivity index is 2.05. The van der Waals surface area contributed by atoms with Crippen molar-refractivity contribution in [1.29, 1.82) is 0 Å². The molecule has 164 valence electrons. The van der Waals surface area contributed by atoms with Gasteiger partial charge in [0.25, 0.3) is 0 Å². The average molecular weight is 415 g/mol. The molecule has 1 aromatic carbocycles. The molecule has 2 N–H and O–H groups in total. The first-order valence-corrected chi connectivity index (χ1v) is 11.2. The van der Waals surface area contributed by atoms with Gasteiger partial charge in [-0.25, -0.2) is 0 Å². The molecule has 0 radical (unpaired) electrons. The van der Waals surface area contributed by atoms with E-state index in [0.29, 0.717) is 18.4 Å². The molecule has 0 bridgehead atoms. The highest BCUT2D eigenvalue weighted by atomic mass is 16.4. The van der Waals surface area contributed by atoms with Crippen LogP contribution in [0.2, 0.25) is 0 Å². The van der Waals surface area contributed by atoms with Crippen LogP contribution >= 0.6 is 0 Å². The Hall–Kier alpha value is -2.17. The van der Waals surface area contributed by atoms with Crippen molar-refractivity contribution in [3.05, 3.63) is 34.4 Å². The van der Waals surface area contributed by atoms with E-state index in [1.807, 2.05) is 13.0 Å². The molecule has 1 saturated carbocycles. The summed E-state index contributed by atoms with van der Waals surface area (Å²) in [5.74, 6) is -1.38. The number of carboxylic acid groups (broad SMARTS) is 2. The first-order chi connectivity index (χ1) is 14.0. The number of fused-ring (bicyclic) bond motifs is 3. The van der Waals surface area contributed by atoms with E-state index in [4.69, 9.17) is 5.11 Å². The van der Waals surface area contributed by atoms with Gasteiger partial charge in [-0.1, -0.05) is 33.3 Å². The summed E-state index contributed by atoms with van der Waals surface area (Å²) in [6, 6.07) is 4.20. The maximum atomic E-state index is 13.1. The van der Waals surface area contributed by atoms with E-state index in [1.54, 1.807) is 0 Å². The van der Waals surface area contributed by atoms with E-state index in [2.05, 4.69) is 26.8 Å². The maximum Gasteiger partial charge on any atom is 0.309 e. The summed E-state index contributed by atoms with van der Waals surface area (Å²) < 4.78 is 0. The predicted molar refractivity (Wildman–Crippen MR) is 115 cm³/mol. The van der Waals surface area contributed by atoms with Crippen LogP contribution in [0.5, 0.6) is 0 Å². The summed E-state index contributed by atoms with van der Waals surface area (Å²) in [5, 5.41) is 18.9. The molecule has 0 heterocycles. The molecule has 3 unspecified atom stereocenters. The number of ketones is 1. The number of aliphatic carboxylic acids is 2. The highest BCUT2D eigenvalue weighted by Gasteiger charge is 2.55. The van der Waals surface area contributed by atoms with Gasteiger partial charge < -0.3 is 10.2 Å². The first kappa shape index (κ1) is 22.5. The Morgan fingerprint density at radius 1 is 1.10 bits per heavy atom. The normalized spacial score (nSPS) is 28.0. The van der Waals surface area contributed by atoms with E-state index in [9.17, 15) is 19.5 Å². The van der Waals surface area contributed by atoms with Crippen molar-refractivity contribution in [2.45, 2.75) is 90.4 Å². The number of benzene rings is 1. The van der Waals surface area contributed by atoms with Crippen LogP contribution in [0.25, 0.3) is 0 Å². The molecule has 3 atom stereocenters. The van der Waals surface area contributed by atoms with Crippen molar-refractivity contribution < 1.29 is 24.6 Å². The van der Waals surface area contributed by atoms with Crippen LogP contribution < -0.4 is 0 Å². The lowest BCUT2D eigenvalue weighted by atomic mass is 9.49. The van der Waals surface area contributed by atoms with Gasteiger partial charge in [-0.05, 0) is 79.0 Å². The van der Waals surface area contributed by atoms with Crippen LogP contribution in [0.4, 0.5) is 0 Å². The van der Waals surface area contributed by atoms with Gasteiger partial charge in [0, 0.05) is 18.4 Å². The van der Waals surface area contributed by atoms with Gasteiger partial charge in [0.1, 0.15) is 0 Å². The van der Waals surface area contributed by atoms with Crippen molar-refractivity contribution >= 4 is 17.7 Å². The smallest absolute Gasteiger partial charge is 0.309 e. The van der Waals surface area contributed by atoms with Crippen molar-refractivity contribution in [2.75, 3.05) is 0 Å². The number of carbonyl (C=O) groups excluding carboxylic acids is 1. The molecule has 0 spiro atoms. The monoisotopic (exact) mass is 414 g/mol. The molecular weight excluding hydrogens is 380 g/mol. The third kappa shape index (κ3) is 3.79. The van der Waals surface area contributed by atoms with Crippen LogP contribution in [0.3, 0.4) is 0 Å². The lowest BCUT2D eigenvalue weighted by Gasteiger charge is -2.53. The van der Waals surface area contributed by atoms with E-state index in [1.165, 1.54) is 5.56 Å². The molecule has 0 amide bonds. The average Bonchev–Trinajstić information content (AvgIpc) is 2.66. The van der Waals surface area contributed by atoms with Crippen LogP contribution in [0.15, 0.2) is 12.1 Å². The summed E-state index contributed by atoms with van der Waals surface area (Å²) in [6.45, 7) is 8.23. The van der Waals surface area contributed by atoms with E-state index >= 15 is 0 Å². The third-order valence-electron chi connectivity index (χ3n) is 7.73. The fourth-order valence-electron chi connectivity index (χ4n) is 6.05. The largest absolute Gasteiger partial charge is 0.481 e. The summed E-state index contributed by atoms with van der Waals surface area (Å²) >= 11 is 0. The second-order valence-electron chi connectivity index (χ2n) is 10.0. The molecule has 1 fully saturated rings. The SMILES string of the molecule is CC(C)c1cc2c(cc1C(=O)CCCC(=O)O)C1(C)CCCC(C)(C(=O)O)C1CC2. The molecule has 5 heteroatoms. The van der Waals surface area contributed by atoms with Crippen LogP contribution in [-0.4, -0.2) is 27.9 Å². The van der Waals surface area contributed by atoms with Gasteiger partial charge in [0.2, 0.25) is 0 Å². The highest BCUT2D eigenvalue weighted by Crippen LogP contribution is 2.57. The van der Waals surface area contributed by atoms with Crippen molar-refractivity contribution in [3.8, 4) is 0 Å². The first-order valence-electron chi connectivity index (χ1n) is 11.2. The topological polar surface area (TPSA) is 91.7 Å². The lowest BCUT2D eigenvalue weighted by molar-refractivity contribution is -0.157. The zero-order valence-corrected chi connectivity index (χ0v) is 18.6. The standard InChI is InChI=1S/C25H34O5/c1-15(2)17-13-16-9-10-21-24(3,11-6-12-25(21,4)23(29)30)19(16)14-18(17)20(26)7-5-8-22(27)28/h13-15,21H,5-12H2,1-4H3,(H,27,28)(H,29,30). The van der Waals surface area contributed by atoms with Gasteiger partial charge in [-0.2, -0.15) is 0 Å². The van der Waals surface area contributed by atoms with Crippen LogP contribution in [-0.2, 0) is 21.4 Å². The molecule has 2 aliphatic rings. The molecule has 2 aliphatic carbocycles. The van der Waals surface area contributed by atoms with Crippen molar-refractivity contribution in [3.63, 3.8) is 0 Å². The maximum absolute atomic E-state index is 13.1. The summed E-state index contributed by atoms with van der Waals surface area (Å²) in [5.41, 5.74) is 3.09. The number of aryl methyl sites for hydroxylation is 1. The lowest BCUT2D eigenvalue weighted by Crippen LogP contribution is -2.52. The molecule has 5 nitrogen and oxygen atoms in total. The van der Waals surface area contributed by atoms with E-state index < -0.39 is 17.4 Å². The summed E-state index contributed by atoms with van der Waals surface area (Å²) in [4.78, 5) is 36.1. The third-order valence-corrected chi connectivity index (χ3v) is 7.73. The molecular formula is C25H34O5. The summed E-state index contributed by atoms with van der Waals surface area (Å²) in [7, 11) is 0. The van der Waals surface area contributed by atoms with Gasteiger partial charge >= 0.3 is 11.9 Å². The Kier molecular flexibility index (Phi) is 6.13. The minimum Gasteiger partial charge on any atom is -0.481 e. The highest BCUT2D eigenvalue weighted by molar-refractivity contribution is 5.98. The van der Waals surface area contributed by atoms with Crippen molar-refractivity contribution in [1.82, 2.24) is 0 Å². The van der Waals surface area contributed by atoms with E-state index in [-0.39, 0.29) is 35.9 Å². The number of hydrogen-bond donors (Lipinski definition) is 2. The fraction of sp³-hybridized carbons (Fsp3) is 0.640. The fourth-order valence-corrected chi connectivity index (χ4v) is 6.05. The quantitative estimate of drug-likeness (QED) is 0.587. The zero-order chi connectivity index (χ0) is 22.3. The Morgan fingerprint density at radius 2 is 1.80 bits per heavy atom. The number of Topliss-reactive ketones (excluding diaryl/α,β-unsaturated/α-hetero) is 1. The number of hydrogen-bond acceptors (Lipinski definition) is 3. The molecule has 30 heavy (non-hydrogen) atoms. The number of rotatable bonds is 7. The van der Waals surface area contributed by atoms with Gasteiger partial charge in [0.05, 0.1) is 5.41 Å². The molecule has 0 aromatic heterocycles. The summed E-state index contributed by atoms with van der Waals surface area (Å²) in [6.07, 6.45) is 4.73. The van der Waals surface area contributed by atoms with Crippen molar-refractivity contribution in [2.24, 2.45) is 11.3 Å². The van der Waals surface area contributed by atoms with E-state index in [0.717, 1.165) is 36.8 Å². The number of carboxylic acids is 2. The van der Waals surface area contributed by atoms with Gasteiger partial charge in [-0.3, -0.25) is 14.4 Å². The second-order valence-corrected chi connectivity index (χ2v) is 10.0. The zero-order valence-electron chi connectivity index (χ0n) is 18.6. The molecule has 1 aromatic rings. The van der Waals surface area contributed by atoms with Crippen LogP contribution in [0, 0.1) is 11.3 Å². The Morgan fingerprint density at radius 3 is 2.40 bits per heavy atom. The molecule has 0 saturated heterocycles.